The zero-order chi connectivity index (χ0) is 16.5. The number of fused-ring (bicyclic) bond motifs is 1. The lowest BCUT2D eigenvalue weighted by Crippen LogP contribution is -2.37. The fraction of sp³-hybridized carbons (Fsp3) is 0.158. The number of rotatable bonds is 3. The third-order valence-corrected chi connectivity index (χ3v) is 5.00. The van der Waals surface area contributed by atoms with E-state index in [0.29, 0.717) is 0 Å². The van der Waals surface area contributed by atoms with Crippen LogP contribution in [0.4, 0.5) is 5.95 Å². The third kappa shape index (κ3) is 2.55. The van der Waals surface area contributed by atoms with Crippen molar-refractivity contribution in [2.24, 2.45) is 5.92 Å². The fourth-order valence-corrected chi connectivity index (χ4v) is 3.86. The molecule has 1 aliphatic heterocycles. The van der Waals surface area contributed by atoms with E-state index in [1.165, 1.54) is 0 Å². The van der Waals surface area contributed by atoms with Crippen molar-refractivity contribution in [3.63, 3.8) is 0 Å². The normalized spacial score (nSPS) is 22.5. The number of halogens is 1. The minimum absolute atomic E-state index is 0.0936. The number of benzene rings is 2. The number of carbonyl (C=O) groups is 1. The van der Waals surface area contributed by atoms with Gasteiger partial charge in [-0.15, -0.1) is 0 Å². The van der Waals surface area contributed by atoms with E-state index in [4.69, 9.17) is 0 Å². The molecule has 0 spiro atoms. The molecule has 2 aromatic carbocycles. The topological polar surface area (TPSA) is 46.9 Å². The Morgan fingerprint density at radius 1 is 1.08 bits per heavy atom. The van der Waals surface area contributed by atoms with Crippen LogP contribution in [0.1, 0.15) is 23.2 Å². The number of aldehydes is 1. The molecule has 2 heterocycles. The van der Waals surface area contributed by atoms with Crippen molar-refractivity contribution in [3.8, 4) is 0 Å². The quantitative estimate of drug-likeness (QED) is 0.690. The number of imidazole rings is 1. The third-order valence-electron chi connectivity index (χ3n) is 4.51. The Balaban J connectivity index is 1.86. The molecule has 1 aromatic heterocycles. The Morgan fingerprint density at radius 2 is 1.88 bits per heavy atom. The molecule has 3 atom stereocenters. The number of aromatic nitrogens is 2. The number of hydrogen-bond donors (Lipinski definition) is 1. The summed E-state index contributed by atoms with van der Waals surface area (Å²) in [6.45, 7) is 0. The van der Waals surface area contributed by atoms with Crippen molar-refractivity contribution in [3.05, 3.63) is 82.6 Å². The first-order valence-corrected chi connectivity index (χ1v) is 8.62. The molecule has 4 rings (SSSR count). The van der Waals surface area contributed by atoms with E-state index in [1.54, 1.807) is 6.20 Å². The lowest BCUT2D eigenvalue weighted by molar-refractivity contribution is -0.112. The van der Waals surface area contributed by atoms with Crippen molar-refractivity contribution in [1.29, 1.82) is 0 Å². The van der Waals surface area contributed by atoms with E-state index in [0.717, 1.165) is 27.8 Å². The molecular weight excluding hydrogens is 366 g/mol. The van der Waals surface area contributed by atoms with Crippen LogP contribution >= 0.6 is 15.9 Å². The maximum atomic E-state index is 12.1. The molecule has 1 aliphatic rings. The van der Waals surface area contributed by atoms with E-state index in [1.807, 2.05) is 53.2 Å². The average molecular weight is 382 g/mol. The van der Waals surface area contributed by atoms with Gasteiger partial charge in [-0.3, -0.25) is 0 Å². The molecule has 120 valence electrons. The Kier molecular flexibility index (Phi) is 3.94. The highest BCUT2D eigenvalue weighted by molar-refractivity contribution is 9.10. The van der Waals surface area contributed by atoms with Gasteiger partial charge in [0.15, 0.2) is 0 Å². The molecule has 5 heteroatoms. The van der Waals surface area contributed by atoms with Crippen molar-refractivity contribution in [1.82, 2.24) is 9.55 Å². The molecular formula is C19H16BrN3O. The van der Waals surface area contributed by atoms with Gasteiger partial charge in [-0.25, -0.2) is 4.98 Å². The summed E-state index contributed by atoms with van der Waals surface area (Å²) in [5, 5.41) is 3.42. The Bertz CT molecular complexity index is 862. The Hall–Kier alpha value is -2.40. The number of carbonyl (C=O) groups excluding carboxylic acids is 1. The predicted octanol–water partition coefficient (Wildman–Crippen LogP) is 4.22. The van der Waals surface area contributed by atoms with Crippen LogP contribution in [0.15, 0.2) is 71.5 Å². The van der Waals surface area contributed by atoms with Gasteiger partial charge in [0, 0.05) is 16.9 Å². The van der Waals surface area contributed by atoms with Gasteiger partial charge in [0.2, 0.25) is 5.95 Å². The highest BCUT2D eigenvalue weighted by Gasteiger charge is 2.38. The molecule has 0 bridgehead atoms. The summed E-state index contributed by atoms with van der Waals surface area (Å²) in [5.74, 6) is 0.551. The number of nitrogens with zero attached hydrogens (tertiary/aromatic N) is 2. The van der Waals surface area contributed by atoms with Gasteiger partial charge >= 0.3 is 0 Å². The van der Waals surface area contributed by atoms with Crippen LogP contribution < -0.4 is 5.32 Å². The first kappa shape index (κ1) is 15.1. The maximum absolute atomic E-state index is 12.1. The van der Waals surface area contributed by atoms with Crippen LogP contribution in [0.3, 0.4) is 0 Å². The monoisotopic (exact) mass is 381 g/mol. The first-order chi connectivity index (χ1) is 11.8. The molecule has 3 aromatic rings. The second-order valence-corrected chi connectivity index (χ2v) is 6.82. The van der Waals surface area contributed by atoms with Crippen molar-refractivity contribution < 1.29 is 4.79 Å². The van der Waals surface area contributed by atoms with E-state index >= 15 is 0 Å². The Morgan fingerprint density at radius 3 is 2.62 bits per heavy atom. The minimum Gasteiger partial charge on any atom is -0.348 e. The second-order valence-electron chi connectivity index (χ2n) is 5.90. The average Bonchev–Trinajstić information content (AvgIpc) is 3.09. The van der Waals surface area contributed by atoms with E-state index < -0.39 is 0 Å². The van der Waals surface area contributed by atoms with Gasteiger partial charge in [0.1, 0.15) is 6.29 Å². The summed E-state index contributed by atoms with van der Waals surface area (Å²) in [5.41, 5.74) is 2.17. The van der Waals surface area contributed by atoms with Crippen LogP contribution in [0, 0.1) is 5.92 Å². The van der Waals surface area contributed by atoms with Crippen molar-refractivity contribution in [2.75, 3.05) is 5.32 Å². The number of hydrogen-bond acceptors (Lipinski definition) is 3. The lowest BCUT2D eigenvalue weighted by atomic mass is 9.83. The molecule has 4 nitrogen and oxygen atoms in total. The van der Waals surface area contributed by atoms with Gasteiger partial charge in [-0.2, -0.15) is 0 Å². The Labute approximate surface area is 148 Å². The SMILES string of the molecule is O=C[C@@H]1[C@@H](c2cccc(Br)c2)n2ccnc2N[C@H]1c1ccccc1. The summed E-state index contributed by atoms with van der Waals surface area (Å²) in [6.07, 6.45) is 4.74. The van der Waals surface area contributed by atoms with E-state index in [2.05, 4.69) is 38.4 Å². The highest BCUT2D eigenvalue weighted by Crippen LogP contribution is 2.42. The van der Waals surface area contributed by atoms with Gasteiger partial charge in [-0.1, -0.05) is 58.4 Å². The lowest BCUT2D eigenvalue weighted by Gasteiger charge is -2.38. The van der Waals surface area contributed by atoms with E-state index in [9.17, 15) is 4.79 Å². The molecule has 0 fully saturated rings. The number of anilines is 1. The van der Waals surface area contributed by atoms with Crippen LogP contribution in [-0.2, 0) is 4.79 Å². The molecule has 0 aliphatic carbocycles. The van der Waals surface area contributed by atoms with Gasteiger partial charge in [-0.05, 0) is 23.3 Å². The van der Waals surface area contributed by atoms with Crippen LogP contribution in [0.25, 0.3) is 0 Å². The summed E-state index contributed by atoms with van der Waals surface area (Å²) in [6, 6.07) is 18.0. The second kappa shape index (κ2) is 6.24. The van der Waals surface area contributed by atoms with Crippen LogP contribution in [0.2, 0.25) is 0 Å². The summed E-state index contributed by atoms with van der Waals surface area (Å²) in [4.78, 5) is 16.5. The predicted molar refractivity (Wildman–Crippen MR) is 96.9 cm³/mol. The van der Waals surface area contributed by atoms with Crippen LogP contribution in [0.5, 0.6) is 0 Å². The smallest absolute Gasteiger partial charge is 0.203 e. The van der Waals surface area contributed by atoms with E-state index in [-0.39, 0.29) is 18.0 Å². The molecule has 24 heavy (non-hydrogen) atoms. The van der Waals surface area contributed by atoms with Gasteiger partial charge < -0.3 is 14.7 Å². The highest BCUT2D eigenvalue weighted by atomic mass is 79.9. The summed E-state index contributed by atoms with van der Waals surface area (Å²) >= 11 is 3.53. The summed E-state index contributed by atoms with van der Waals surface area (Å²) < 4.78 is 3.04. The minimum atomic E-state index is -0.233. The van der Waals surface area contributed by atoms with Gasteiger partial charge in [0.05, 0.1) is 18.0 Å². The maximum Gasteiger partial charge on any atom is 0.203 e. The molecule has 0 unspecified atom stereocenters. The molecule has 0 radical (unpaired) electrons. The van der Waals surface area contributed by atoms with Gasteiger partial charge in [0.25, 0.3) is 0 Å². The fourth-order valence-electron chi connectivity index (χ4n) is 3.44. The number of nitrogens with one attached hydrogen (secondary N) is 1. The summed E-state index contributed by atoms with van der Waals surface area (Å²) in [7, 11) is 0. The molecule has 1 N–H and O–H groups in total. The zero-order valence-corrected chi connectivity index (χ0v) is 14.4. The first-order valence-electron chi connectivity index (χ1n) is 7.83. The molecule has 0 saturated heterocycles. The molecule has 0 saturated carbocycles. The van der Waals surface area contributed by atoms with Crippen LogP contribution in [-0.4, -0.2) is 15.8 Å². The van der Waals surface area contributed by atoms with Crippen molar-refractivity contribution >= 4 is 28.2 Å². The van der Waals surface area contributed by atoms with Crippen molar-refractivity contribution in [2.45, 2.75) is 12.1 Å². The standard InChI is InChI=1S/C19H16BrN3O/c20-15-8-4-7-14(11-15)18-16(12-24)17(13-5-2-1-3-6-13)22-19-21-9-10-23(18)19/h1-12,16-18H,(H,21,22)/t16-,17-,18+/m0/s1. The largest absolute Gasteiger partial charge is 0.348 e. The zero-order valence-electron chi connectivity index (χ0n) is 12.8. The molecule has 0 amide bonds.